The monoisotopic (exact) mass is 335 g/mol. The highest BCUT2D eigenvalue weighted by atomic mass is 16.2. The van der Waals surface area contributed by atoms with Crippen LogP contribution < -0.4 is 5.32 Å². The summed E-state index contributed by atoms with van der Waals surface area (Å²) in [7, 11) is 0. The van der Waals surface area contributed by atoms with Crippen LogP contribution >= 0.6 is 0 Å². The largest absolute Gasteiger partial charge is 0.351 e. The number of hydrogen-bond donors (Lipinski definition) is 1. The smallest absolute Gasteiger partial charge is 0.237 e. The van der Waals surface area contributed by atoms with E-state index in [-0.39, 0.29) is 17.9 Å². The molecule has 0 bridgehead atoms. The van der Waals surface area contributed by atoms with Crippen molar-refractivity contribution < 1.29 is 9.59 Å². The number of piperazine rings is 1. The highest BCUT2D eigenvalue weighted by molar-refractivity contribution is 5.82. The van der Waals surface area contributed by atoms with Crippen LogP contribution in [0.2, 0.25) is 0 Å². The highest BCUT2D eigenvalue weighted by Crippen LogP contribution is 2.31. The first-order valence-electron chi connectivity index (χ1n) is 9.43. The minimum absolute atomic E-state index is 0.0465. The molecule has 5 heteroatoms. The lowest BCUT2D eigenvalue weighted by molar-refractivity contribution is -0.135. The molecular formula is C19H33N3O2. The molecule has 0 aromatic rings. The Kier molecular flexibility index (Phi) is 7.28. The van der Waals surface area contributed by atoms with Gasteiger partial charge in [-0.2, -0.15) is 0 Å². The maximum Gasteiger partial charge on any atom is 0.237 e. The second-order valence-electron chi connectivity index (χ2n) is 7.54. The van der Waals surface area contributed by atoms with E-state index in [9.17, 15) is 9.59 Å². The second kappa shape index (κ2) is 9.21. The third-order valence-corrected chi connectivity index (χ3v) is 5.18. The molecule has 0 aromatic heterocycles. The summed E-state index contributed by atoms with van der Waals surface area (Å²) in [6.07, 6.45) is 7.07. The van der Waals surface area contributed by atoms with Crippen molar-refractivity contribution in [3.8, 4) is 0 Å². The molecule has 0 aromatic carbocycles. The van der Waals surface area contributed by atoms with E-state index in [0.717, 1.165) is 39.0 Å². The van der Waals surface area contributed by atoms with Crippen molar-refractivity contribution in [2.24, 2.45) is 11.8 Å². The summed E-state index contributed by atoms with van der Waals surface area (Å²) >= 11 is 0. The van der Waals surface area contributed by atoms with Gasteiger partial charge in [-0.25, -0.2) is 0 Å². The van der Waals surface area contributed by atoms with Crippen molar-refractivity contribution in [1.82, 2.24) is 15.1 Å². The van der Waals surface area contributed by atoms with E-state index < -0.39 is 0 Å². The lowest BCUT2D eigenvalue weighted by Crippen LogP contribution is -2.58. The van der Waals surface area contributed by atoms with Crippen LogP contribution in [0.4, 0.5) is 0 Å². The van der Waals surface area contributed by atoms with Crippen molar-refractivity contribution in [1.29, 1.82) is 0 Å². The highest BCUT2D eigenvalue weighted by Gasteiger charge is 2.37. The quantitative estimate of drug-likeness (QED) is 0.725. The SMILES string of the molecule is C=CCNC(=O)[C@H](C1CCCC1)N1CCN(C(=O)CC(C)C)CC1. The summed E-state index contributed by atoms with van der Waals surface area (Å²) in [5.74, 6) is 1.22. The summed E-state index contributed by atoms with van der Waals surface area (Å²) in [6.45, 7) is 11.4. The molecule has 2 aliphatic rings. The zero-order chi connectivity index (χ0) is 17.5. The molecule has 1 atom stereocenters. The van der Waals surface area contributed by atoms with Gasteiger partial charge in [-0.1, -0.05) is 32.8 Å². The Balaban J connectivity index is 1.94. The van der Waals surface area contributed by atoms with Crippen molar-refractivity contribution >= 4 is 11.8 Å². The Hall–Kier alpha value is -1.36. The number of carbonyl (C=O) groups is 2. The van der Waals surface area contributed by atoms with Gasteiger partial charge in [0, 0.05) is 39.1 Å². The molecule has 2 rings (SSSR count). The number of rotatable bonds is 7. The Bertz CT molecular complexity index is 436. The van der Waals surface area contributed by atoms with Crippen molar-refractivity contribution in [3.63, 3.8) is 0 Å². The second-order valence-corrected chi connectivity index (χ2v) is 7.54. The third kappa shape index (κ3) is 5.07. The molecule has 0 spiro atoms. The minimum Gasteiger partial charge on any atom is -0.351 e. The number of hydrogen-bond acceptors (Lipinski definition) is 3. The Morgan fingerprint density at radius 1 is 1.17 bits per heavy atom. The molecule has 1 aliphatic heterocycles. The van der Waals surface area contributed by atoms with Gasteiger partial charge in [-0.3, -0.25) is 14.5 Å². The normalized spacial score (nSPS) is 21.0. The predicted octanol–water partition coefficient (Wildman–Crippen LogP) is 2.04. The zero-order valence-electron chi connectivity index (χ0n) is 15.3. The molecule has 1 heterocycles. The standard InChI is InChI=1S/C19H33N3O2/c1-4-9-20-19(24)18(16-7-5-6-8-16)22-12-10-21(11-13-22)17(23)14-15(2)3/h4,15-16,18H,1,5-14H2,2-3H3,(H,20,24)/t18-/m0/s1. The lowest BCUT2D eigenvalue weighted by Gasteiger charge is -2.41. The van der Waals surface area contributed by atoms with Gasteiger partial charge in [-0.05, 0) is 24.7 Å². The summed E-state index contributed by atoms with van der Waals surface area (Å²) in [5.41, 5.74) is 0. The van der Waals surface area contributed by atoms with Gasteiger partial charge in [0.2, 0.25) is 11.8 Å². The molecule has 5 nitrogen and oxygen atoms in total. The molecular weight excluding hydrogens is 302 g/mol. The van der Waals surface area contributed by atoms with E-state index in [1.165, 1.54) is 12.8 Å². The molecule has 1 N–H and O–H groups in total. The van der Waals surface area contributed by atoms with Gasteiger partial charge in [0.15, 0.2) is 0 Å². The summed E-state index contributed by atoms with van der Waals surface area (Å²) in [4.78, 5) is 29.2. The molecule has 136 valence electrons. The molecule has 1 saturated heterocycles. The van der Waals surface area contributed by atoms with E-state index in [0.29, 0.717) is 24.8 Å². The number of nitrogens with zero attached hydrogens (tertiary/aromatic N) is 2. The fourth-order valence-electron chi connectivity index (χ4n) is 3.96. The maximum atomic E-state index is 12.7. The van der Waals surface area contributed by atoms with E-state index in [2.05, 4.69) is 30.6 Å². The summed E-state index contributed by atoms with van der Waals surface area (Å²) in [5, 5.41) is 2.99. The fourth-order valence-corrected chi connectivity index (χ4v) is 3.96. The van der Waals surface area contributed by atoms with Gasteiger partial charge in [0.1, 0.15) is 0 Å². The Morgan fingerprint density at radius 3 is 2.33 bits per heavy atom. The lowest BCUT2D eigenvalue weighted by atomic mass is 9.95. The average molecular weight is 335 g/mol. The number of carbonyl (C=O) groups excluding carboxylic acids is 2. The van der Waals surface area contributed by atoms with Crippen molar-refractivity contribution in [2.75, 3.05) is 32.7 Å². The predicted molar refractivity (Wildman–Crippen MR) is 96.6 cm³/mol. The number of nitrogens with one attached hydrogen (secondary N) is 1. The van der Waals surface area contributed by atoms with E-state index in [1.807, 2.05) is 4.90 Å². The van der Waals surface area contributed by atoms with Crippen molar-refractivity contribution in [3.05, 3.63) is 12.7 Å². The first-order valence-corrected chi connectivity index (χ1v) is 9.43. The Labute approximate surface area is 146 Å². The van der Waals surface area contributed by atoms with Crippen LogP contribution in [0.25, 0.3) is 0 Å². The maximum absolute atomic E-state index is 12.7. The first kappa shape index (κ1) is 19.0. The van der Waals surface area contributed by atoms with Crippen LogP contribution in [0.3, 0.4) is 0 Å². The van der Waals surface area contributed by atoms with Crippen LogP contribution in [0.15, 0.2) is 12.7 Å². The third-order valence-electron chi connectivity index (χ3n) is 5.18. The molecule has 1 aliphatic carbocycles. The molecule has 2 amide bonds. The van der Waals surface area contributed by atoms with Gasteiger partial charge in [0.25, 0.3) is 0 Å². The minimum atomic E-state index is -0.0465. The molecule has 0 unspecified atom stereocenters. The van der Waals surface area contributed by atoms with Gasteiger partial charge in [-0.15, -0.1) is 6.58 Å². The van der Waals surface area contributed by atoms with Gasteiger partial charge in [0.05, 0.1) is 6.04 Å². The van der Waals surface area contributed by atoms with Crippen LogP contribution in [-0.4, -0.2) is 60.4 Å². The van der Waals surface area contributed by atoms with Crippen LogP contribution in [0, 0.1) is 11.8 Å². The van der Waals surface area contributed by atoms with E-state index in [1.54, 1.807) is 6.08 Å². The van der Waals surface area contributed by atoms with Crippen LogP contribution in [0.1, 0.15) is 46.0 Å². The van der Waals surface area contributed by atoms with Crippen LogP contribution in [0.5, 0.6) is 0 Å². The first-order chi connectivity index (χ1) is 11.5. The van der Waals surface area contributed by atoms with E-state index in [4.69, 9.17) is 0 Å². The number of amides is 2. The Morgan fingerprint density at radius 2 is 1.79 bits per heavy atom. The molecule has 2 fully saturated rings. The van der Waals surface area contributed by atoms with Gasteiger partial charge >= 0.3 is 0 Å². The molecule has 24 heavy (non-hydrogen) atoms. The van der Waals surface area contributed by atoms with Gasteiger partial charge < -0.3 is 10.2 Å². The van der Waals surface area contributed by atoms with Crippen molar-refractivity contribution in [2.45, 2.75) is 52.0 Å². The fraction of sp³-hybridized carbons (Fsp3) is 0.789. The summed E-state index contributed by atoms with van der Waals surface area (Å²) in [6, 6.07) is -0.0465. The van der Waals surface area contributed by atoms with E-state index >= 15 is 0 Å². The molecule has 0 radical (unpaired) electrons. The topological polar surface area (TPSA) is 52.7 Å². The molecule has 1 saturated carbocycles. The van der Waals surface area contributed by atoms with Crippen LogP contribution in [-0.2, 0) is 9.59 Å². The average Bonchev–Trinajstić information content (AvgIpc) is 3.07. The zero-order valence-corrected chi connectivity index (χ0v) is 15.3. The summed E-state index contributed by atoms with van der Waals surface area (Å²) < 4.78 is 0.